The second-order valence-corrected chi connectivity index (χ2v) is 7.43. The maximum absolute atomic E-state index is 12.7. The summed E-state index contributed by atoms with van der Waals surface area (Å²) in [4.78, 5) is 25.3. The number of carbonyl (C=O) groups is 2. The molecule has 0 unspecified atom stereocenters. The number of carbonyl (C=O) groups excluding carboxylic acids is 2. The van der Waals surface area contributed by atoms with Crippen molar-refractivity contribution >= 4 is 17.5 Å². The Kier molecular flexibility index (Phi) is 7.04. The average molecular weight is 384 g/mol. The van der Waals surface area contributed by atoms with Crippen LogP contribution in [0.4, 0.5) is 5.69 Å². The fourth-order valence-corrected chi connectivity index (χ4v) is 2.55. The molecular weight excluding hydrogens is 356 g/mol. The van der Waals surface area contributed by atoms with Crippen molar-refractivity contribution in [2.75, 3.05) is 12.4 Å². The van der Waals surface area contributed by atoms with Crippen molar-refractivity contribution in [3.63, 3.8) is 0 Å². The standard InChI is InChI=1S/C22H28N2O4/c1-6-19(28-16-13-11-15(27-5)12-14-16)21(26)23-18-10-8-7-9-17(18)20(25)24-22(2,3)4/h7-14,19H,6H2,1-5H3,(H,23,26)(H,24,25)/t19-/m0/s1. The van der Waals surface area contributed by atoms with Gasteiger partial charge < -0.3 is 20.1 Å². The van der Waals surface area contributed by atoms with Crippen LogP contribution in [0.5, 0.6) is 11.5 Å². The van der Waals surface area contributed by atoms with Gasteiger partial charge in [0.05, 0.1) is 18.4 Å². The van der Waals surface area contributed by atoms with Gasteiger partial charge in [-0.1, -0.05) is 19.1 Å². The monoisotopic (exact) mass is 384 g/mol. The summed E-state index contributed by atoms with van der Waals surface area (Å²) < 4.78 is 10.9. The van der Waals surface area contributed by atoms with Crippen LogP contribution in [0.3, 0.4) is 0 Å². The van der Waals surface area contributed by atoms with Crippen LogP contribution in [0.25, 0.3) is 0 Å². The lowest BCUT2D eigenvalue weighted by Crippen LogP contribution is -2.41. The predicted molar refractivity (Wildman–Crippen MR) is 110 cm³/mol. The number of hydrogen-bond acceptors (Lipinski definition) is 4. The first-order valence-corrected chi connectivity index (χ1v) is 9.26. The van der Waals surface area contributed by atoms with Gasteiger partial charge in [-0.3, -0.25) is 9.59 Å². The lowest BCUT2D eigenvalue weighted by Gasteiger charge is -2.22. The molecule has 0 saturated carbocycles. The Balaban J connectivity index is 2.12. The van der Waals surface area contributed by atoms with E-state index in [1.807, 2.05) is 27.7 Å². The summed E-state index contributed by atoms with van der Waals surface area (Å²) in [6, 6.07) is 14.0. The summed E-state index contributed by atoms with van der Waals surface area (Å²) in [5, 5.41) is 5.73. The molecular formula is C22H28N2O4. The van der Waals surface area contributed by atoms with Crippen molar-refractivity contribution < 1.29 is 19.1 Å². The van der Waals surface area contributed by atoms with E-state index in [9.17, 15) is 9.59 Å². The maximum Gasteiger partial charge on any atom is 0.265 e. The molecule has 2 aromatic rings. The van der Waals surface area contributed by atoms with Crippen molar-refractivity contribution in [3.05, 3.63) is 54.1 Å². The van der Waals surface area contributed by atoms with Gasteiger partial charge in [0, 0.05) is 5.54 Å². The van der Waals surface area contributed by atoms with E-state index in [4.69, 9.17) is 9.47 Å². The number of methoxy groups -OCH3 is 1. The summed E-state index contributed by atoms with van der Waals surface area (Å²) in [6.45, 7) is 7.58. The van der Waals surface area contributed by atoms with Crippen molar-refractivity contribution in [2.45, 2.75) is 45.8 Å². The Hall–Kier alpha value is -3.02. The molecule has 0 heterocycles. The maximum atomic E-state index is 12.7. The first-order chi connectivity index (χ1) is 13.2. The predicted octanol–water partition coefficient (Wildman–Crippen LogP) is 4.02. The molecule has 6 heteroatoms. The zero-order valence-electron chi connectivity index (χ0n) is 17.0. The fourth-order valence-electron chi connectivity index (χ4n) is 2.55. The second kappa shape index (κ2) is 9.26. The summed E-state index contributed by atoms with van der Waals surface area (Å²) in [6.07, 6.45) is -0.207. The van der Waals surface area contributed by atoms with Crippen molar-refractivity contribution in [1.82, 2.24) is 5.32 Å². The van der Waals surface area contributed by atoms with Gasteiger partial charge in [-0.25, -0.2) is 0 Å². The number of anilines is 1. The fraction of sp³-hybridized carbons (Fsp3) is 0.364. The molecule has 2 N–H and O–H groups in total. The van der Waals surface area contributed by atoms with Gasteiger partial charge >= 0.3 is 0 Å². The zero-order valence-corrected chi connectivity index (χ0v) is 17.0. The van der Waals surface area contributed by atoms with Crippen molar-refractivity contribution in [1.29, 1.82) is 0 Å². The van der Waals surface area contributed by atoms with Gasteiger partial charge in [-0.05, 0) is 63.6 Å². The van der Waals surface area contributed by atoms with Crippen molar-refractivity contribution in [3.8, 4) is 11.5 Å². The lowest BCUT2D eigenvalue weighted by molar-refractivity contribution is -0.122. The van der Waals surface area contributed by atoms with Crippen LogP contribution < -0.4 is 20.1 Å². The van der Waals surface area contributed by atoms with Gasteiger partial charge in [0.25, 0.3) is 11.8 Å². The molecule has 0 aliphatic carbocycles. The third-order valence-electron chi connectivity index (χ3n) is 3.92. The van der Waals surface area contributed by atoms with Gasteiger partial charge in [-0.2, -0.15) is 0 Å². The molecule has 1 atom stereocenters. The molecule has 0 aliphatic rings. The molecule has 0 saturated heterocycles. The van der Waals surface area contributed by atoms with Crippen LogP contribution in [0.1, 0.15) is 44.5 Å². The molecule has 2 aromatic carbocycles. The zero-order chi connectivity index (χ0) is 20.7. The third-order valence-corrected chi connectivity index (χ3v) is 3.92. The molecule has 0 spiro atoms. The van der Waals surface area contributed by atoms with Gasteiger partial charge in [0.2, 0.25) is 0 Å². The number of rotatable bonds is 7. The highest BCUT2D eigenvalue weighted by molar-refractivity contribution is 6.04. The molecule has 2 rings (SSSR count). The lowest BCUT2D eigenvalue weighted by atomic mass is 10.1. The largest absolute Gasteiger partial charge is 0.497 e. The summed E-state index contributed by atoms with van der Waals surface area (Å²) in [5.41, 5.74) is 0.480. The Morgan fingerprint density at radius 3 is 2.18 bits per heavy atom. The Morgan fingerprint density at radius 2 is 1.61 bits per heavy atom. The highest BCUT2D eigenvalue weighted by Crippen LogP contribution is 2.21. The van der Waals surface area contributed by atoms with Gasteiger partial charge in [-0.15, -0.1) is 0 Å². The van der Waals surface area contributed by atoms with E-state index in [2.05, 4.69) is 10.6 Å². The Labute approximate surface area is 166 Å². The van der Waals surface area contributed by atoms with Gasteiger partial charge in [0.1, 0.15) is 11.5 Å². The minimum Gasteiger partial charge on any atom is -0.497 e. The Morgan fingerprint density at radius 1 is 1.00 bits per heavy atom. The van der Waals surface area contributed by atoms with Crippen LogP contribution in [0.2, 0.25) is 0 Å². The minimum absolute atomic E-state index is 0.243. The molecule has 2 amide bonds. The van der Waals surface area contributed by atoms with E-state index in [1.54, 1.807) is 55.6 Å². The Bertz CT molecular complexity index is 810. The van der Waals surface area contributed by atoms with E-state index in [0.29, 0.717) is 29.2 Å². The number of nitrogens with one attached hydrogen (secondary N) is 2. The quantitative estimate of drug-likeness (QED) is 0.756. The molecule has 6 nitrogen and oxygen atoms in total. The molecule has 0 bridgehead atoms. The first-order valence-electron chi connectivity index (χ1n) is 9.26. The van der Waals surface area contributed by atoms with E-state index < -0.39 is 6.10 Å². The SMILES string of the molecule is CC[C@H](Oc1ccc(OC)cc1)C(=O)Nc1ccccc1C(=O)NC(C)(C)C. The highest BCUT2D eigenvalue weighted by atomic mass is 16.5. The number of amides is 2. The highest BCUT2D eigenvalue weighted by Gasteiger charge is 2.22. The van der Waals surface area contributed by atoms with Crippen LogP contribution in [-0.4, -0.2) is 30.6 Å². The smallest absolute Gasteiger partial charge is 0.265 e. The van der Waals surface area contributed by atoms with Crippen LogP contribution in [0.15, 0.2) is 48.5 Å². The van der Waals surface area contributed by atoms with Crippen molar-refractivity contribution in [2.24, 2.45) is 0 Å². The molecule has 0 aromatic heterocycles. The topological polar surface area (TPSA) is 76.7 Å². The molecule has 0 radical (unpaired) electrons. The summed E-state index contributed by atoms with van der Waals surface area (Å²) >= 11 is 0. The van der Waals surface area contributed by atoms with Crippen LogP contribution in [0, 0.1) is 0 Å². The van der Waals surface area contributed by atoms with E-state index in [0.717, 1.165) is 0 Å². The molecule has 28 heavy (non-hydrogen) atoms. The first kappa shape index (κ1) is 21.3. The summed E-state index contributed by atoms with van der Waals surface area (Å²) in [5.74, 6) is 0.729. The minimum atomic E-state index is -0.688. The number of hydrogen-bond donors (Lipinski definition) is 2. The van der Waals surface area contributed by atoms with E-state index in [1.165, 1.54) is 0 Å². The molecule has 0 aliphatic heterocycles. The van der Waals surface area contributed by atoms with E-state index in [-0.39, 0.29) is 17.4 Å². The number of ether oxygens (including phenoxy) is 2. The number of benzene rings is 2. The summed E-state index contributed by atoms with van der Waals surface area (Å²) in [7, 11) is 1.59. The van der Waals surface area contributed by atoms with E-state index >= 15 is 0 Å². The second-order valence-electron chi connectivity index (χ2n) is 7.43. The molecule has 150 valence electrons. The normalized spacial score (nSPS) is 12.0. The molecule has 0 fully saturated rings. The third kappa shape index (κ3) is 6.01. The van der Waals surface area contributed by atoms with Crippen LogP contribution >= 0.6 is 0 Å². The number of para-hydroxylation sites is 1. The average Bonchev–Trinajstić information content (AvgIpc) is 2.65. The van der Waals surface area contributed by atoms with Gasteiger partial charge in [0.15, 0.2) is 6.10 Å². The van der Waals surface area contributed by atoms with Crippen LogP contribution in [-0.2, 0) is 4.79 Å².